The highest BCUT2D eigenvalue weighted by molar-refractivity contribution is 5.41. The number of methoxy groups -OCH3 is 1. The highest BCUT2D eigenvalue weighted by atomic mass is 16.5. The van der Waals surface area contributed by atoms with Crippen molar-refractivity contribution >= 4 is 5.82 Å². The van der Waals surface area contributed by atoms with E-state index in [4.69, 9.17) is 4.74 Å². The molecule has 1 aliphatic heterocycles. The molecule has 0 radical (unpaired) electrons. The van der Waals surface area contributed by atoms with E-state index in [0.717, 1.165) is 43.3 Å². The van der Waals surface area contributed by atoms with Gasteiger partial charge in [-0.05, 0) is 19.8 Å². The lowest BCUT2D eigenvalue weighted by atomic mass is 9.96. The molecule has 20 heavy (non-hydrogen) atoms. The molecule has 0 spiro atoms. The van der Waals surface area contributed by atoms with Crippen molar-refractivity contribution in [1.82, 2.24) is 19.9 Å². The lowest BCUT2D eigenvalue weighted by molar-refractivity contribution is 0.377. The molecule has 0 saturated carbocycles. The zero-order valence-corrected chi connectivity index (χ0v) is 11.8. The van der Waals surface area contributed by atoms with E-state index < -0.39 is 0 Å². The Morgan fingerprint density at radius 2 is 2.10 bits per heavy atom. The maximum absolute atomic E-state index is 5.14. The largest absolute Gasteiger partial charge is 0.467 e. The van der Waals surface area contributed by atoms with Crippen LogP contribution < -0.4 is 9.64 Å². The summed E-state index contributed by atoms with van der Waals surface area (Å²) in [7, 11) is 1.60. The zero-order chi connectivity index (χ0) is 13.9. The summed E-state index contributed by atoms with van der Waals surface area (Å²) in [5.41, 5.74) is 0.931. The highest BCUT2D eigenvalue weighted by Gasteiger charge is 2.23. The molecular formula is C14H19N5O. The van der Waals surface area contributed by atoms with E-state index in [-0.39, 0.29) is 0 Å². The Kier molecular flexibility index (Phi) is 3.54. The summed E-state index contributed by atoms with van der Waals surface area (Å²) in [5, 5.41) is 0. The number of imidazole rings is 1. The van der Waals surface area contributed by atoms with Gasteiger partial charge in [0.15, 0.2) is 0 Å². The molecule has 0 amide bonds. The van der Waals surface area contributed by atoms with Gasteiger partial charge in [-0.3, -0.25) is 0 Å². The first kappa shape index (κ1) is 12.9. The standard InChI is InChI=1S/C14H19N5O/c1-10-9-12(18-14(17-10)20-2)19-7-3-11(4-8-19)13-15-5-6-16-13/h5-6,9,11H,3-4,7-8H2,1-2H3,(H,15,16). The van der Waals surface area contributed by atoms with Crippen molar-refractivity contribution in [2.24, 2.45) is 0 Å². The molecule has 1 aliphatic rings. The molecule has 1 N–H and O–H groups in total. The van der Waals surface area contributed by atoms with Crippen LogP contribution in [0, 0.1) is 6.92 Å². The molecule has 3 rings (SSSR count). The molecule has 0 unspecified atom stereocenters. The van der Waals surface area contributed by atoms with Crippen molar-refractivity contribution in [2.45, 2.75) is 25.7 Å². The predicted molar refractivity (Wildman–Crippen MR) is 76.1 cm³/mol. The molecule has 0 aromatic carbocycles. The molecule has 1 saturated heterocycles. The van der Waals surface area contributed by atoms with Gasteiger partial charge in [0.1, 0.15) is 11.6 Å². The molecule has 6 nitrogen and oxygen atoms in total. The van der Waals surface area contributed by atoms with Gasteiger partial charge in [0.25, 0.3) is 0 Å². The van der Waals surface area contributed by atoms with Crippen LogP contribution in [-0.4, -0.2) is 40.1 Å². The van der Waals surface area contributed by atoms with Crippen LogP contribution in [0.25, 0.3) is 0 Å². The van der Waals surface area contributed by atoms with E-state index >= 15 is 0 Å². The topological polar surface area (TPSA) is 66.9 Å². The minimum Gasteiger partial charge on any atom is -0.467 e. The number of ether oxygens (including phenoxy) is 1. The summed E-state index contributed by atoms with van der Waals surface area (Å²) in [6, 6.07) is 2.45. The number of aromatic nitrogens is 4. The number of hydrogen-bond acceptors (Lipinski definition) is 5. The summed E-state index contributed by atoms with van der Waals surface area (Å²) < 4.78 is 5.14. The first-order valence-electron chi connectivity index (χ1n) is 6.90. The Balaban J connectivity index is 1.70. The fourth-order valence-corrected chi connectivity index (χ4v) is 2.66. The summed E-state index contributed by atoms with van der Waals surface area (Å²) in [5.74, 6) is 2.57. The third-order valence-electron chi connectivity index (χ3n) is 3.73. The number of aryl methyl sites for hydroxylation is 1. The molecule has 2 aromatic rings. The second-order valence-corrected chi connectivity index (χ2v) is 5.09. The summed E-state index contributed by atoms with van der Waals surface area (Å²) in [4.78, 5) is 18.5. The first-order valence-corrected chi connectivity index (χ1v) is 6.90. The van der Waals surface area contributed by atoms with E-state index in [1.54, 1.807) is 7.11 Å². The normalized spacial score (nSPS) is 16.4. The Labute approximate surface area is 118 Å². The van der Waals surface area contributed by atoms with Crippen molar-refractivity contribution in [1.29, 1.82) is 0 Å². The minimum atomic E-state index is 0.438. The smallest absolute Gasteiger partial charge is 0.318 e. The second-order valence-electron chi connectivity index (χ2n) is 5.09. The van der Waals surface area contributed by atoms with E-state index in [1.807, 2.05) is 25.4 Å². The number of anilines is 1. The van der Waals surface area contributed by atoms with E-state index in [9.17, 15) is 0 Å². The molecule has 0 bridgehead atoms. The molecular weight excluding hydrogens is 254 g/mol. The van der Waals surface area contributed by atoms with Gasteiger partial charge < -0.3 is 14.6 Å². The Bertz CT molecular complexity index is 561. The third-order valence-corrected chi connectivity index (χ3v) is 3.73. The van der Waals surface area contributed by atoms with Crippen molar-refractivity contribution in [3.63, 3.8) is 0 Å². The number of rotatable bonds is 3. The molecule has 6 heteroatoms. The quantitative estimate of drug-likeness (QED) is 0.925. The maximum Gasteiger partial charge on any atom is 0.318 e. The molecule has 106 valence electrons. The Morgan fingerprint density at radius 1 is 1.30 bits per heavy atom. The monoisotopic (exact) mass is 273 g/mol. The van der Waals surface area contributed by atoms with Crippen LogP contribution in [-0.2, 0) is 0 Å². The SMILES string of the molecule is COc1nc(C)cc(N2CCC(c3ncc[nH]3)CC2)n1. The van der Waals surface area contributed by atoms with Gasteiger partial charge in [0, 0.05) is 43.2 Å². The Hall–Kier alpha value is -2.11. The summed E-state index contributed by atoms with van der Waals surface area (Å²) >= 11 is 0. The lowest BCUT2D eigenvalue weighted by Gasteiger charge is -2.32. The maximum atomic E-state index is 5.14. The number of aromatic amines is 1. The van der Waals surface area contributed by atoms with Crippen LogP contribution in [0.5, 0.6) is 6.01 Å². The third kappa shape index (κ3) is 2.59. The van der Waals surface area contributed by atoms with Crippen LogP contribution >= 0.6 is 0 Å². The van der Waals surface area contributed by atoms with Gasteiger partial charge in [-0.1, -0.05) is 0 Å². The van der Waals surface area contributed by atoms with Gasteiger partial charge >= 0.3 is 6.01 Å². The fraction of sp³-hybridized carbons (Fsp3) is 0.500. The molecule has 1 fully saturated rings. The number of nitrogens with zero attached hydrogens (tertiary/aromatic N) is 4. The van der Waals surface area contributed by atoms with Crippen molar-refractivity contribution in [2.75, 3.05) is 25.1 Å². The van der Waals surface area contributed by atoms with Crippen LogP contribution in [0.2, 0.25) is 0 Å². The summed E-state index contributed by atoms with van der Waals surface area (Å²) in [6.45, 7) is 3.92. The predicted octanol–water partition coefficient (Wildman–Crippen LogP) is 1.90. The average Bonchev–Trinajstić information content (AvgIpc) is 3.01. The summed E-state index contributed by atoms with van der Waals surface area (Å²) in [6.07, 6.45) is 5.87. The van der Waals surface area contributed by atoms with Gasteiger partial charge in [0.05, 0.1) is 7.11 Å². The first-order chi connectivity index (χ1) is 9.76. The average molecular weight is 273 g/mol. The van der Waals surface area contributed by atoms with Gasteiger partial charge in [-0.15, -0.1) is 0 Å². The minimum absolute atomic E-state index is 0.438. The van der Waals surface area contributed by atoms with Gasteiger partial charge in [-0.25, -0.2) is 9.97 Å². The molecule has 0 atom stereocenters. The van der Waals surface area contributed by atoms with E-state index in [1.165, 1.54) is 0 Å². The number of nitrogens with one attached hydrogen (secondary N) is 1. The molecule has 2 aromatic heterocycles. The molecule has 3 heterocycles. The van der Waals surface area contributed by atoms with Crippen molar-refractivity contribution in [3.8, 4) is 6.01 Å². The zero-order valence-electron chi connectivity index (χ0n) is 11.8. The van der Waals surface area contributed by atoms with E-state index in [0.29, 0.717) is 11.9 Å². The van der Waals surface area contributed by atoms with Crippen molar-refractivity contribution < 1.29 is 4.74 Å². The number of H-pyrrole nitrogens is 1. The second kappa shape index (κ2) is 5.48. The van der Waals surface area contributed by atoms with Crippen molar-refractivity contribution in [3.05, 3.63) is 30.0 Å². The van der Waals surface area contributed by atoms with Crippen LogP contribution in [0.1, 0.15) is 30.3 Å². The van der Waals surface area contributed by atoms with Crippen LogP contribution in [0.3, 0.4) is 0 Å². The fourth-order valence-electron chi connectivity index (χ4n) is 2.66. The number of hydrogen-bond donors (Lipinski definition) is 1. The van der Waals surface area contributed by atoms with Crippen LogP contribution in [0.15, 0.2) is 18.5 Å². The van der Waals surface area contributed by atoms with E-state index in [2.05, 4.69) is 24.8 Å². The number of piperidine rings is 1. The highest BCUT2D eigenvalue weighted by Crippen LogP contribution is 2.28. The van der Waals surface area contributed by atoms with Gasteiger partial charge in [-0.2, -0.15) is 4.98 Å². The lowest BCUT2D eigenvalue weighted by Crippen LogP contribution is -2.34. The van der Waals surface area contributed by atoms with Crippen LogP contribution in [0.4, 0.5) is 5.82 Å². The Morgan fingerprint density at radius 3 is 2.75 bits per heavy atom. The molecule has 0 aliphatic carbocycles. The van der Waals surface area contributed by atoms with Gasteiger partial charge in [0.2, 0.25) is 0 Å².